The summed E-state index contributed by atoms with van der Waals surface area (Å²) in [7, 11) is 0. The third-order valence-corrected chi connectivity index (χ3v) is 4.40. The fraction of sp³-hybridized carbons (Fsp3) is 0.438. The molecule has 126 valence electrons. The molecular formula is C16H17N3O5. The number of benzene rings is 1. The first-order valence-electron chi connectivity index (χ1n) is 7.88. The summed E-state index contributed by atoms with van der Waals surface area (Å²) in [6.07, 6.45) is 1.09. The summed E-state index contributed by atoms with van der Waals surface area (Å²) in [5.74, 6) is 2.81. The van der Waals surface area contributed by atoms with Crippen LogP contribution in [0.4, 0.5) is 4.79 Å². The molecule has 0 spiro atoms. The minimum atomic E-state index is -0.873. The highest BCUT2D eigenvalue weighted by Crippen LogP contribution is 2.33. The van der Waals surface area contributed by atoms with Gasteiger partial charge in [0.1, 0.15) is 0 Å². The molecule has 2 aliphatic heterocycles. The minimum absolute atomic E-state index is 0.124. The maximum Gasteiger partial charge on any atom is 0.407 e. The molecule has 0 aliphatic carbocycles. The summed E-state index contributed by atoms with van der Waals surface area (Å²) >= 11 is 0. The van der Waals surface area contributed by atoms with E-state index in [9.17, 15) is 4.79 Å². The number of piperidine rings is 1. The third-order valence-electron chi connectivity index (χ3n) is 4.40. The van der Waals surface area contributed by atoms with Crippen molar-refractivity contribution in [2.75, 3.05) is 19.9 Å². The van der Waals surface area contributed by atoms with Crippen molar-refractivity contribution in [3.05, 3.63) is 35.5 Å². The molecule has 0 atom stereocenters. The maximum absolute atomic E-state index is 10.9. The van der Waals surface area contributed by atoms with Crippen LogP contribution in [0.15, 0.2) is 22.7 Å². The first-order chi connectivity index (χ1) is 11.7. The van der Waals surface area contributed by atoms with Crippen molar-refractivity contribution in [1.29, 1.82) is 0 Å². The number of fused-ring (bicyclic) bond motifs is 1. The summed E-state index contributed by atoms with van der Waals surface area (Å²) in [5.41, 5.74) is 1.02. The van der Waals surface area contributed by atoms with Crippen LogP contribution in [0.3, 0.4) is 0 Å². The van der Waals surface area contributed by atoms with Gasteiger partial charge in [0.2, 0.25) is 12.7 Å². The van der Waals surface area contributed by atoms with Crippen LogP contribution in [-0.4, -0.2) is 46.1 Å². The second kappa shape index (κ2) is 6.03. The van der Waals surface area contributed by atoms with Crippen molar-refractivity contribution in [1.82, 2.24) is 15.0 Å². The van der Waals surface area contributed by atoms with E-state index < -0.39 is 6.09 Å². The lowest BCUT2D eigenvalue weighted by molar-refractivity contribution is 0.128. The molecule has 1 saturated heterocycles. The molecule has 2 aromatic rings. The van der Waals surface area contributed by atoms with E-state index in [0.717, 1.165) is 17.1 Å². The van der Waals surface area contributed by atoms with Gasteiger partial charge in [-0.3, -0.25) is 0 Å². The fourth-order valence-corrected chi connectivity index (χ4v) is 3.06. The Morgan fingerprint density at radius 3 is 2.83 bits per heavy atom. The lowest BCUT2D eigenvalue weighted by Gasteiger charge is -2.27. The number of amides is 1. The van der Waals surface area contributed by atoms with Gasteiger partial charge in [-0.15, -0.1) is 0 Å². The van der Waals surface area contributed by atoms with Gasteiger partial charge in [-0.2, -0.15) is 4.98 Å². The van der Waals surface area contributed by atoms with Gasteiger partial charge in [0.15, 0.2) is 17.3 Å². The van der Waals surface area contributed by atoms with Crippen LogP contribution in [0, 0.1) is 0 Å². The van der Waals surface area contributed by atoms with Crippen molar-refractivity contribution in [2.24, 2.45) is 0 Å². The second-order valence-corrected chi connectivity index (χ2v) is 5.96. The minimum Gasteiger partial charge on any atom is -0.465 e. The predicted molar refractivity (Wildman–Crippen MR) is 81.2 cm³/mol. The number of hydrogen-bond acceptors (Lipinski definition) is 6. The van der Waals surface area contributed by atoms with Crippen molar-refractivity contribution < 1.29 is 23.9 Å². The highest BCUT2D eigenvalue weighted by Gasteiger charge is 2.27. The van der Waals surface area contributed by atoms with E-state index >= 15 is 0 Å². The Labute approximate surface area is 138 Å². The van der Waals surface area contributed by atoms with E-state index in [4.69, 9.17) is 19.1 Å². The van der Waals surface area contributed by atoms with Gasteiger partial charge in [-0.1, -0.05) is 11.2 Å². The summed E-state index contributed by atoms with van der Waals surface area (Å²) in [5, 5.41) is 13.0. The van der Waals surface area contributed by atoms with Gasteiger partial charge in [-0.05, 0) is 30.5 Å². The molecule has 3 heterocycles. The van der Waals surface area contributed by atoms with Crippen LogP contribution in [0.1, 0.15) is 36.0 Å². The number of hydrogen-bond donors (Lipinski definition) is 1. The summed E-state index contributed by atoms with van der Waals surface area (Å²) in [6, 6.07) is 5.75. The van der Waals surface area contributed by atoms with Crippen LogP contribution in [0.2, 0.25) is 0 Å². The zero-order valence-electron chi connectivity index (χ0n) is 13.0. The summed E-state index contributed by atoms with van der Waals surface area (Å²) < 4.78 is 16.0. The van der Waals surface area contributed by atoms with Crippen LogP contribution >= 0.6 is 0 Å². The molecule has 1 aromatic heterocycles. The normalized spacial score (nSPS) is 17.2. The molecule has 0 bridgehead atoms. The number of carbonyl (C=O) groups is 1. The van der Waals surface area contributed by atoms with Gasteiger partial charge in [0.25, 0.3) is 0 Å². The van der Waals surface area contributed by atoms with E-state index in [0.29, 0.717) is 44.1 Å². The number of rotatable bonds is 3. The van der Waals surface area contributed by atoms with Crippen LogP contribution in [0.25, 0.3) is 0 Å². The quantitative estimate of drug-likeness (QED) is 0.921. The van der Waals surface area contributed by atoms with Gasteiger partial charge in [0.05, 0.1) is 0 Å². The maximum atomic E-state index is 10.9. The third kappa shape index (κ3) is 2.86. The van der Waals surface area contributed by atoms with Crippen LogP contribution < -0.4 is 9.47 Å². The fourth-order valence-electron chi connectivity index (χ4n) is 3.06. The monoisotopic (exact) mass is 331 g/mol. The Balaban J connectivity index is 1.41. The highest BCUT2D eigenvalue weighted by molar-refractivity contribution is 5.65. The first kappa shape index (κ1) is 14.8. The lowest BCUT2D eigenvalue weighted by atomic mass is 9.97. The van der Waals surface area contributed by atoms with Crippen molar-refractivity contribution in [3.63, 3.8) is 0 Å². The molecule has 8 heteroatoms. The molecule has 1 amide bonds. The smallest absolute Gasteiger partial charge is 0.407 e. The van der Waals surface area contributed by atoms with Gasteiger partial charge in [-0.25, -0.2) is 4.79 Å². The number of carboxylic acid groups (broad SMARTS) is 1. The van der Waals surface area contributed by atoms with E-state index in [1.165, 1.54) is 4.90 Å². The average Bonchev–Trinajstić information content (AvgIpc) is 3.24. The van der Waals surface area contributed by atoms with Crippen molar-refractivity contribution >= 4 is 6.09 Å². The molecule has 0 radical (unpaired) electrons. The Morgan fingerprint density at radius 2 is 2.04 bits per heavy atom. The van der Waals surface area contributed by atoms with Gasteiger partial charge >= 0.3 is 6.09 Å². The largest absolute Gasteiger partial charge is 0.465 e. The Bertz CT molecular complexity index is 752. The molecule has 2 aliphatic rings. The zero-order chi connectivity index (χ0) is 16.5. The standard InChI is InChI=1S/C16H17N3O5/c20-16(21)19-5-3-11(4-6-19)15-17-14(18-24-15)8-10-1-2-12-13(7-10)23-9-22-12/h1-2,7,11H,3-6,8-9H2,(H,20,21). The van der Waals surface area contributed by atoms with E-state index in [1.54, 1.807) is 0 Å². The number of ether oxygens (including phenoxy) is 2. The highest BCUT2D eigenvalue weighted by atomic mass is 16.7. The Hall–Kier alpha value is -2.77. The van der Waals surface area contributed by atoms with Gasteiger partial charge < -0.3 is 24.0 Å². The molecule has 0 unspecified atom stereocenters. The zero-order valence-corrected chi connectivity index (χ0v) is 13.0. The van der Waals surface area contributed by atoms with E-state index in [1.807, 2.05) is 18.2 Å². The van der Waals surface area contributed by atoms with Gasteiger partial charge in [0, 0.05) is 25.4 Å². The SMILES string of the molecule is O=C(O)N1CCC(c2nc(Cc3ccc4c(c3)OCO4)no2)CC1. The molecule has 1 aromatic carbocycles. The summed E-state index contributed by atoms with van der Waals surface area (Å²) in [6.45, 7) is 1.25. The molecule has 4 rings (SSSR count). The second-order valence-electron chi connectivity index (χ2n) is 5.96. The average molecular weight is 331 g/mol. The molecule has 8 nitrogen and oxygen atoms in total. The summed E-state index contributed by atoms with van der Waals surface area (Å²) in [4.78, 5) is 16.8. The topological polar surface area (TPSA) is 97.9 Å². The number of aromatic nitrogens is 2. The van der Waals surface area contributed by atoms with E-state index in [2.05, 4.69) is 10.1 Å². The predicted octanol–water partition coefficient (Wildman–Crippen LogP) is 2.25. The number of nitrogens with zero attached hydrogens (tertiary/aromatic N) is 3. The molecule has 1 N–H and O–H groups in total. The van der Waals surface area contributed by atoms with Crippen LogP contribution in [0.5, 0.6) is 11.5 Å². The Kier molecular flexibility index (Phi) is 3.72. The van der Waals surface area contributed by atoms with Crippen LogP contribution in [-0.2, 0) is 6.42 Å². The van der Waals surface area contributed by atoms with E-state index in [-0.39, 0.29) is 12.7 Å². The molecule has 0 saturated carbocycles. The Morgan fingerprint density at radius 1 is 1.25 bits per heavy atom. The molecule has 24 heavy (non-hydrogen) atoms. The van der Waals surface area contributed by atoms with Crippen molar-refractivity contribution in [3.8, 4) is 11.5 Å². The molecular weight excluding hydrogens is 314 g/mol. The lowest BCUT2D eigenvalue weighted by Crippen LogP contribution is -2.36. The first-order valence-corrected chi connectivity index (χ1v) is 7.88. The molecule has 1 fully saturated rings. The number of likely N-dealkylation sites (tertiary alicyclic amines) is 1. The van der Waals surface area contributed by atoms with Crippen molar-refractivity contribution in [2.45, 2.75) is 25.2 Å².